The number of furan rings is 1. The van der Waals surface area contributed by atoms with Gasteiger partial charge < -0.3 is 13.9 Å². The Morgan fingerprint density at radius 1 is 1.25 bits per heavy atom. The molecule has 1 atom stereocenters. The summed E-state index contributed by atoms with van der Waals surface area (Å²) >= 11 is 7.71. The summed E-state index contributed by atoms with van der Waals surface area (Å²) in [6.07, 6.45) is 5.68. The van der Waals surface area contributed by atoms with Gasteiger partial charge in [-0.15, -0.1) is 11.8 Å². The Labute approximate surface area is 149 Å². The molecule has 24 heavy (non-hydrogen) atoms. The Kier molecular flexibility index (Phi) is 4.12. The number of hydrogen-bond acceptors (Lipinski definition) is 3. The van der Waals surface area contributed by atoms with Crippen LogP contribution in [0.4, 0.5) is 0 Å². The SMILES string of the molecule is O=C1CSC(c2ccn(-c3cccc(Cl)c3)c2)N1Cc1ccco1. The zero-order valence-electron chi connectivity index (χ0n) is 12.8. The topological polar surface area (TPSA) is 38.4 Å². The number of carbonyl (C=O) groups is 1. The molecule has 0 saturated carbocycles. The minimum Gasteiger partial charge on any atom is -0.467 e. The Hall–Kier alpha value is -2.11. The first kappa shape index (κ1) is 15.4. The van der Waals surface area contributed by atoms with Crippen molar-refractivity contribution in [3.63, 3.8) is 0 Å². The first-order chi connectivity index (χ1) is 11.7. The van der Waals surface area contributed by atoms with Gasteiger partial charge in [-0.2, -0.15) is 0 Å². The van der Waals surface area contributed by atoms with Crippen LogP contribution in [-0.2, 0) is 11.3 Å². The van der Waals surface area contributed by atoms with E-state index in [2.05, 4.69) is 6.20 Å². The predicted molar refractivity (Wildman–Crippen MR) is 95.2 cm³/mol. The van der Waals surface area contributed by atoms with Crippen molar-refractivity contribution in [1.29, 1.82) is 0 Å². The molecule has 3 aromatic rings. The highest BCUT2D eigenvalue weighted by atomic mass is 35.5. The molecule has 122 valence electrons. The van der Waals surface area contributed by atoms with E-state index < -0.39 is 0 Å². The van der Waals surface area contributed by atoms with E-state index in [1.165, 1.54) is 0 Å². The van der Waals surface area contributed by atoms with Crippen LogP contribution in [0.3, 0.4) is 0 Å². The van der Waals surface area contributed by atoms with Crippen molar-refractivity contribution in [2.24, 2.45) is 0 Å². The van der Waals surface area contributed by atoms with Gasteiger partial charge in [0, 0.05) is 28.7 Å². The van der Waals surface area contributed by atoms with Gasteiger partial charge in [0.2, 0.25) is 5.91 Å². The van der Waals surface area contributed by atoms with E-state index in [1.54, 1.807) is 18.0 Å². The fraction of sp³-hybridized carbons (Fsp3) is 0.167. The number of carbonyl (C=O) groups excluding carboxylic acids is 1. The number of hydrogen-bond donors (Lipinski definition) is 0. The molecule has 0 spiro atoms. The smallest absolute Gasteiger partial charge is 0.234 e. The van der Waals surface area contributed by atoms with Gasteiger partial charge in [0.1, 0.15) is 11.1 Å². The predicted octanol–water partition coefficient (Wildman–Crippen LogP) is 4.50. The van der Waals surface area contributed by atoms with Gasteiger partial charge in [0.25, 0.3) is 0 Å². The van der Waals surface area contributed by atoms with Crippen LogP contribution >= 0.6 is 23.4 Å². The molecule has 1 aliphatic heterocycles. The van der Waals surface area contributed by atoms with Crippen molar-refractivity contribution in [3.8, 4) is 5.69 Å². The molecule has 0 bridgehead atoms. The monoisotopic (exact) mass is 358 g/mol. The lowest BCUT2D eigenvalue weighted by molar-refractivity contribution is -0.128. The van der Waals surface area contributed by atoms with Gasteiger partial charge in [-0.05, 0) is 36.4 Å². The molecule has 1 amide bonds. The fourth-order valence-electron chi connectivity index (χ4n) is 2.83. The molecule has 2 aromatic heterocycles. The zero-order chi connectivity index (χ0) is 16.5. The summed E-state index contributed by atoms with van der Waals surface area (Å²) in [5, 5.41) is 0.704. The van der Waals surface area contributed by atoms with Crippen molar-refractivity contribution in [2.75, 3.05) is 5.75 Å². The summed E-state index contributed by atoms with van der Waals surface area (Å²) in [7, 11) is 0. The summed E-state index contributed by atoms with van der Waals surface area (Å²) < 4.78 is 7.42. The fourth-order valence-corrected chi connectivity index (χ4v) is 4.18. The number of nitrogens with zero attached hydrogens (tertiary/aromatic N) is 2. The summed E-state index contributed by atoms with van der Waals surface area (Å²) in [5.41, 5.74) is 2.10. The lowest BCUT2D eigenvalue weighted by Gasteiger charge is -2.22. The average molecular weight is 359 g/mol. The van der Waals surface area contributed by atoms with Crippen LogP contribution in [0.1, 0.15) is 16.7 Å². The van der Waals surface area contributed by atoms with Crippen LogP contribution in [0.5, 0.6) is 0 Å². The van der Waals surface area contributed by atoms with Crippen molar-refractivity contribution in [1.82, 2.24) is 9.47 Å². The molecule has 4 nitrogen and oxygen atoms in total. The van der Waals surface area contributed by atoms with E-state index in [-0.39, 0.29) is 11.3 Å². The lowest BCUT2D eigenvalue weighted by atomic mass is 10.3. The van der Waals surface area contributed by atoms with E-state index in [9.17, 15) is 4.79 Å². The number of aromatic nitrogens is 1. The normalized spacial score (nSPS) is 17.6. The molecular formula is C18H15ClN2O2S. The third-order valence-electron chi connectivity index (χ3n) is 3.98. The van der Waals surface area contributed by atoms with Gasteiger partial charge in [-0.1, -0.05) is 17.7 Å². The minimum absolute atomic E-state index is 0.00281. The van der Waals surface area contributed by atoms with E-state index in [4.69, 9.17) is 16.0 Å². The Bertz CT molecular complexity index is 860. The van der Waals surface area contributed by atoms with Crippen LogP contribution in [0.15, 0.2) is 65.5 Å². The van der Waals surface area contributed by atoms with Gasteiger partial charge in [0.05, 0.1) is 18.6 Å². The molecule has 1 aromatic carbocycles. The van der Waals surface area contributed by atoms with Crippen molar-refractivity contribution >= 4 is 29.3 Å². The molecule has 6 heteroatoms. The highest BCUT2D eigenvalue weighted by molar-refractivity contribution is 8.00. The summed E-state index contributed by atoms with van der Waals surface area (Å²) in [6.45, 7) is 0.492. The standard InChI is InChI=1S/C18H15ClN2O2S/c19-14-3-1-4-15(9-14)20-7-6-13(10-20)18-21(17(22)12-24-18)11-16-5-2-8-23-16/h1-10,18H,11-12H2. The molecule has 0 aliphatic carbocycles. The van der Waals surface area contributed by atoms with Crippen molar-refractivity contribution < 1.29 is 9.21 Å². The second-order valence-corrected chi connectivity index (χ2v) is 7.10. The molecule has 1 saturated heterocycles. The summed E-state index contributed by atoms with van der Waals surface area (Å²) in [5.74, 6) is 1.43. The molecule has 1 unspecified atom stereocenters. The van der Waals surface area contributed by atoms with Crippen LogP contribution in [0.25, 0.3) is 5.69 Å². The largest absolute Gasteiger partial charge is 0.467 e. The van der Waals surface area contributed by atoms with Crippen LogP contribution in [0.2, 0.25) is 5.02 Å². The Morgan fingerprint density at radius 3 is 2.96 bits per heavy atom. The molecule has 4 rings (SSSR count). The maximum absolute atomic E-state index is 12.2. The first-order valence-corrected chi connectivity index (χ1v) is 9.01. The average Bonchev–Trinajstić information content (AvgIpc) is 3.30. The second kappa shape index (κ2) is 6.42. The van der Waals surface area contributed by atoms with E-state index in [0.717, 1.165) is 17.0 Å². The molecule has 3 heterocycles. The number of thioether (sulfide) groups is 1. The number of benzene rings is 1. The molecule has 1 aliphatic rings. The zero-order valence-corrected chi connectivity index (χ0v) is 14.3. The number of rotatable bonds is 4. The maximum atomic E-state index is 12.2. The van der Waals surface area contributed by atoms with Crippen LogP contribution < -0.4 is 0 Å². The third kappa shape index (κ3) is 2.97. The molecule has 1 fully saturated rings. The van der Waals surface area contributed by atoms with Crippen molar-refractivity contribution in [3.05, 3.63) is 77.5 Å². The highest BCUT2D eigenvalue weighted by Gasteiger charge is 2.33. The molecule has 0 radical (unpaired) electrons. The second-order valence-electron chi connectivity index (χ2n) is 5.60. The van der Waals surface area contributed by atoms with Crippen LogP contribution in [0, 0.1) is 0 Å². The first-order valence-electron chi connectivity index (χ1n) is 7.58. The van der Waals surface area contributed by atoms with Crippen molar-refractivity contribution in [2.45, 2.75) is 11.9 Å². The van der Waals surface area contributed by atoms with Crippen LogP contribution in [-0.4, -0.2) is 21.1 Å². The van der Waals surface area contributed by atoms with Gasteiger partial charge in [0.15, 0.2) is 0 Å². The minimum atomic E-state index is 0.00281. The van der Waals surface area contributed by atoms with E-state index in [0.29, 0.717) is 17.3 Å². The van der Waals surface area contributed by atoms with Gasteiger partial charge in [-0.25, -0.2) is 0 Å². The van der Waals surface area contributed by atoms with Gasteiger partial charge in [-0.3, -0.25) is 4.79 Å². The summed E-state index contributed by atoms with van der Waals surface area (Å²) in [6, 6.07) is 13.5. The van der Waals surface area contributed by atoms with E-state index >= 15 is 0 Å². The molecular weight excluding hydrogens is 344 g/mol. The number of halogens is 1. The van der Waals surface area contributed by atoms with Gasteiger partial charge >= 0.3 is 0 Å². The summed E-state index contributed by atoms with van der Waals surface area (Å²) in [4.78, 5) is 14.1. The highest BCUT2D eigenvalue weighted by Crippen LogP contribution is 2.40. The number of amides is 1. The maximum Gasteiger partial charge on any atom is 0.234 e. The third-order valence-corrected chi connectivity index (χ3v) is 5.47. The Balaban J connectivity index is 1.60. The lowest BCUT2D eigenvalue weighted by Crippen LogP contribution is -2.27. The Morgan fingerprint density at radius 2 is 2.17 bits per heavy atom. The molecule has 0 N–H and O–H groups in total. The van der Waals surface area contributed by atoms with E-state index in [1.807, 2.05) is 58.1 Å². The quantitative estimate of drug-likeness (QED) is 0.689.